The second kappa shape index (κ2) is 13.4. The van der Waals surface area contributed by atoms with Gasteiger partial charge in [0.1, 0.15) is 5.75 Å². The minimum absolute atomic E-state index is 0.0491. The normalized spacial score (nSPS) is 10.7. The maximum absolute atomic E-state index is 11.9. The molecule has 9 heteroatoms. The van der Waals surface area contributed by atoms with E-state index in [2.05, 4.69) is 31.8 Å². The fourth-order valence-electron chi connectivity index (χ4n) is 2.92. The number of anilines is 1. The maximum atomic E-state index is 11.9. The van der Waals surface area contributed by atoms with E-state index in [1.54, 1.807) is 44.6 Å². The van der Waals surface area contributed by atoms with Crippen LogP contribution in [0.1, 0.15) is 44.1 Å². The van der Waals surface area contributed by atoms with Crippen LogP contribution in [0.4, 0.5) is 5.69 Å². The SMILES string of the molecule is COc1cc(Br)c(/C=N/NC(=O)CCCCCCC(=O)Nc2ccccc2O)cc1OC. The summed E-state index contributed by atoms with van der Waals surface area (Å²) < 4.78 is 11.3. The van der Waals surface area contributed by atoms with E-state index in [4.69, 9.17) is 9.47 Å². The van der Waals surface area contributed by atoms with Crippen molar-refractivity contribution in [2.75, 3.05) is 19.5 Å². The Balaban J connectivity index is 1.63. The predicted molar refractivity (Wildman–Crippen MR) is 127 cm³/mol. The molecule has 0 radical (unpaired) electrons. The van der Waals surface area contributed by atoms with Crippen LogP contribution in [0.2, 0.25) is 0 Å². The standard InChI is InChI=1S/C23H28BrN3O5/c1-31-20-13-16(17(24)14-21(20)32-2)15-25-27-23(30)12-6-4-3-5-11-22(29)26-18-9-7-8-10-19(18)28/h7-10,13-15,28H,3-6,11-12H2,1-2H3,(H,26,29)(H,27,30)/b25-15+. The Kier molecular flexibility index (Phi) is 10.5. The highest BCUT2D eigenvalue weighted by Gasteiger charge is 2.09. The van der Waals surface area contributed by atoms with Gasteiger partial charge < -0.3 is 19.9 Å². The van der Waals surface area contributed by atoms with Crippen molar-refractivity contribution in [3.8, 4) is 17.2 Å². The smallest absolute Gasteiger partial charge is 0.240 e. The Labute approximate surface area is 196 Å². The fourth-order valence-corrected chi connectivity index (χ4v) is 3.34. The number of para-hydroxylation sites is 2. The molecule has 2 aromatic carbocycles. The van der Waals surface area contributed by atoms with E-state index in [0.717, 1.165) is 22.9 Å². The van der Waals surface area contributed by atoms with E-state index < -0.39 is 0 Å². The number of phenolic OH excluding ortho intramolecular Hbond substituents is 1. The number of phenols is 1. The van der Waals surface area contributed by atoms with Gasteiger partial charge in [0.2, 0.25) is 11.8 Å². The number of halogens is 1. The lowest BCUT2D eigenvalue weighted by Gasteiger charge is -2.09. The molecule has 0 bridgehead atoms. The number of hydrazone groups is 1. The Morgan fingerprint density at radius 3 is 2.28 bits per heavy atom. The van der Waals surface area contributed by atoms with Crippen LogP contribution in [0, 0.1) is 0 Å². The van der Waals surface area contributed by atoms with Gasteiger partial charge >= 0.3 is 0 Å². The molecule has 2 rings (SSSR count). The lowest BCUT2D eigenvalue weighted by Crippen LogP contribution is -2.17. The second-order valence-corrected chi connectivity index (χ2v) is 7.86. The van der Waals surface area contributed by atoms with Crippen LogP contribution in [-0.2, 0) is 9.59 Å². The van der Waals surface area contributed by atoms with Crippen LogP contribution in [0.25, 0.3) is 0 Å². The monoisotopic (exact) mass is 505 g/mol. The molecule has 0 aromatic heterocycles. The number of hydrogen-bond acceptors (Lipinski definition) is 6. The van der Waals surface area contributed by atoms with Crippen LogP contribution < -0.4 is 20.2 Å². The molecule has 172 valence electrons. The molecule has 8 nitrogen and oxygen atoms in total. The van der Waals surface area contributed by atoms with E-state index in [-0.39, 0.29) is 17.6 Å². The van der Waals surface area contributed by atoms with Crippen LogP contribution in [-0.4, -0.2) is 37.4 Å². The van der Waals surface area contributed by atoms with Gasteiger partial charge in [0.25, 0.3) is 0 Å². The van der Waals surface area contributed by atoms with Crippen molar-refractivity contribution < 1.29 is 24.2 Å². The third kappa shape index (κ3) is 8.22. The molecular weight excluding hydrogens is 478 g/mol. The van der Waals surface area contributed by atoms with E-state index in [1.807, 2.05) is 0 Å². The zero-order valence-corrected chi connectivity index (χ0v) is 19.8. The quantitative estimate of drug-likeness (QED) is 0.169. The number of methoxy groups -OCH3 is 2. The number of nitrogens with one attached hydrogen (secondary N) is 2. The van der Waals surface area contributed by atoms with E-state index >= 15 is 0 Å². The number of benzene rings is 2. The maximum Gasteiger partial charge on any atom is 0.240 e. The number of aromatic hydroxyl groups is 1. The molecule has 0 aliphatic rings. The minimum atomic E-state index is -0.171. The highest BCUT2D eigenvalue weighted by atomic mass is 79.9. The number of rotatable bonds is 12. The zero-order chi connectivity index (χ0) is 23.3. The predicted octanol–water partition coefficient (Wildman–Crippen LogP) is 4.60. The summed E-state index contributed by atoms with van der Waals surface area (Å²) in [7, 11) is 3.11. The van der Waals surface area contributed by atoms with E-state index in [9.17, 15) is 14.7 Å². The number of carbonyl (C=O) groups is 2. The van der Waals surface area contributed by atoms with Crippen molar-refractivity contribution in [2.24, 2.45) is 5.10 Å². The molecule has 0 fully saturated rings. The molecular formula is C23H28BrN3O5. The van der Waals surface area contributed by atoms with Crippen molar-refractivity contribution in [1.82, 2.24) is 5.43 Å². The van der Waals surface area contributed by atoms with Crippen molar-refractivity contribution in [3.63, 3.8) is 0 Å². The zero-order valence-electron chi connectivity index (χ0n) is 18.2. The Morgan fingerprint density at radius 1 is 1.00 bits per heavy atom. The lowest BCUT2D eigenvalue weighted by molar-refractivity contribution is -0.121. The summed E-state index contributed by atoms with van der Waals surface area (Å²) in [6.45, 7) is 0. The molecule has 0 saturated carbocycles. The first kappa shape index (κ1) is 25.2. The van der Waals surface area contributed by atoms with Gasteiger partial charge in [0, 0.05) is 22.9 Å². The number of ether oxygens (including phenoxy) is 2. The van der Waals surface area contributed by atoms with Gasteiger partial charge in [0.15, 0.2) is 11.5 Å². The van der Waals surface area contributed by atoms with E-state index in [0.29, 0.717) is 42.9 Å². The van der Waals surface area contributed by atoms with Gasteiger partial charge in [-0.05, 0) is 53.0 Å². The van der Waals surface area contributed by atoms with Crippen molar-refractivity contribution in [1.29, 1.82) is 0 Å². The summed E-state index contributed by atoms with van der Waals surface area (Å²) in [5, 5.41) is 16.3. The number of unbranched alkanes of at least 4 members (excludes halogenated alkanes) is 3. The first-order valence-corrected chi connectivity index (χ1v) is 11.0. The van der Waals surface area contributed by atoms with Crippen LogP contribution in [0.3, 0.4) is 0 Å². The summed E-state index contributed by atoms with van der Waals surface area (Å²) in [5.74, 6) is 0.900. The largest absolute Gasteiger partial charge is 0.506 e. The Bertz CT molecular complexity index is 949. The fraction of sp³-hybridized carbons (Fsp3) is 0.348. The van der Waals surface area contributed by atoms with Gasteiger partial charge in [-0.2, -0.15) is 5.10 Å². The number of hydrogen-bond donors (Lipinski definition) is 3. The molecule has 0 aliphatic heterocycles. The first-order chi connectivity index (χ1) is 15.4. The molecule has 2 amide bonds. The van der Waals surface area contributed by atoms with Crippen molar-refractivity contribution >= 4 is 39.6 Å². The number of nitrogens with zero attached hydrogens (tertiary/aromatic N) is 1. The molecule has 2 aromatic rings. The highest BCUT2D eigenvalue weighted by Crippen LogP contribution is 2.32. The summed E-state index contributed by atoms with van der Waals surface area (Å²) in [6.07, 6.45) is 5.35. The molecule has 0 heterocycles. The molecule has 0 unspecified atom stereocenters. The lowest BCUT2D eigenvalue weighted by atomic mass is 10.1. The van der Waals surface area contributed by atoms with Gasteiger partial charge in [-0.15, -0.1) is 0 Å². The van der Waals surface area contributed by atoms with Crippen LogP contribution >= 0.6 is 15.9 Å². The average molecular weight is 506 g/mol. The molecule has 0 atom stereocenters. The van der Waals surface area contributed by atoms with E-state index in [1.165, 1.54) is 12.3 Å². The summed E-state index contributed by atoms with van der Waals surface area (Å²) in [6, 6.07) is 10.1. The molecule has 32 heavy (non-hydrogen) atoms. The second-order valence-electron chi connectivity index (χ2n) is 7.00. The average Bonchev–Trinajstić information content (AvgIpc) is 2.78. The first-order valence-electron chi connectivity index (χ1n) is 10.3. The van der Waals surface area contributed by atoms with Crippen LogP contribution in [0.5, 0.6) is 17.2 Å². The molecule has 0 spiro atoms. The highest BCUT2D eigenvalue weighted by molar-refractivity contribution is 9.10. The third-order valence-corrected chi connectivity index (χ3v) is 5.32. The van der Waals surface area contributed by atoms with Gasteiger partial charge in [0.05, 0.1) is 26.1 Å². The molecule has 0 aliphatic carbocycles. The number of amides is 2. The van der Waals surface area contributed by atoms with Gasteiger partial charge in [-0.1, -0.05) is 25.0 Å². The van der Waals surface area contributed by atoms with Crippen LogP contribution in [0.15, 0.2) is 46.0 Å². The van der Waals surface area contributed by atoms with Gasteiger partial charge in [-0.25, -0.2) is 5.43 Å². The summed E-state index contributed by atoms with van der Waals surface area (Å²) in [4.78, 5) is 23.9. The minimum Gasteiger partial charge on any atom is -0.506 e. The topological polar surface area (TPSA) is 109 Å². The number of carbonyl (C=O) groups excluding carboxylic acids is 2. The molecule has 3 N–H and O–H groups in total. The third-order valence-electron chi connectivity index (χ3n) is 4.63. The molecule has 0 saturated heterocycles. The Morgan fingerprint density at radius 2 is 1.62 bits per heavy atom. The Hall–Kier alpha value is -3.07. The van der Waals surface area contributed by atoms with Crippen molar-refractivity contribution in [3.05, 3.63) is 46.4 Å². The van der Waals surface area contributed by atoms with Crippen molar-refractivity contribution in [2.45, 2.75) is 38.5 Å². The summed E-state index contributed by atoms with van der Waals surface area (Å²) in [5.41, 5.74) is 3.67. The summed E-state index contributed by atoms with van der Waals surface area (Å²) >= 11 is 3.44. The van der Waals surface area contributed by atoms with Gasteiger partial charge in [-0.3, -0.25) is 9.59 Å².